The van der Waals surface area contributed by atoms with Crippen molar-refractivity contribution < 1.29 is 8.83 Å². The topological polar surface area (TPSA) is 60.4 Å². The van der Waals surface area contributed by atoms with Gasteiger partial charge in [-0.2, -0.15) is 0 Å². The molecule has 32 heavy (non-hydrogen) atoms. The summed E-state index contributed by atoms with van der Waals surface area (Å²) in [5.74, 6) is 0.985. The highest BCUT2D eigenvalue weighted by Crippen LogP contribution is 2.36. The molecular formula is C28H38O4. The maximum Gasteiger partial charge on any atom is 0.233 e. The van der Waals surface area contributed by atoms with E-state index in [0.717, 1.165) is 86.5 Å². The van der Waals surface area contributed by atoms with Crippen LogP contribution < -0.4 is 10.9 Å². The third-order valence-electron chi connectivity index (χ3n) is 6.35. The average Bonchev–Trinajstić information content (AvgIpc) is 2.81. The van der Waals surface area contributed by atoms with Gasteiger partial charge in [0, 0.05) is 0 Å². The lowest BCUT2D eigenvalue weighted by Gasteiger charge is -2.17. The number of hydrogen-bond acceptors (Lipinski definition) is 4. The quantitative estimate of drug-likeness (QED) is 0.221. The van der Waals surface area contributed by atoms with Crippen molar-refractivity contribution >= 4 is 11.2 Å². The van der Waals surface area contributed by atoms with Gasteiger partial charge < -0.3 is 8.83 Å². The Morgan fingerprint density at radius 2 is 0.906 bits per heavy atom. The Hall–Kier alpha value is -2.36. The van der Waals surface area contributed by atoms with E-state index in [2.05, 4.69) is 39.8 Å². The molecule has 3 rings (SSSR count). The van der Waals surface area contributed by atoms with Crippen LogP contribution in [0.3, 0.4) is 0 Å². The summed E-state index contributed by atoms with van der Waals surface area (Å²) in [6, 6.07) is 4.30. The van der Waals surface area contributed by atoms with Gasteiger partial charge in [0.05, 0.1) is 11.1 Å². The van der Waals surface area contributed by atoms with Gasteiger partial charge in [-0.25, -0.2) is 0 Å². The normalized spacial score (nSPS) is 11.6. The molecule has 0 saturated carbocycles. The van der Waals surface area contributed by atoms with Crippen LogP contribution in [0.15, 0.2) is 30.6 Å². The lowest BCUT2D eigenvalue weighted by Crippen LogP contribution is -2.32. The van der Waals surface area contributed by atoms with Crippen LogP contribution in [0, 0.1) is 0 Å². The molecule has 0 spiro atoms. The summed E-state index contributed by atoms with van der Waals surface area (Å²) in [5, 5.41) is 0. The second kappa shape index (κ2) is 11.5. The van der Waals surface area contributed by atoms with Gasteiger partial charge >= 0.3 is 0 Å². The molecule has 4 nitrogen and oxygen atoms in total. The van der Waals surface area contributed by atoms with E-state index in [1.54, 1.807) is 0 Å². The predicted molar refractivity (Wildman–Crippen MR) is 132 cm³/mol. The Morgan fingerprint density at radius 1 is 0.562 bits per heavy atom. The summed E-state index contributed by atoms with van der Waals surface area (Å²) < 4.78 is 13.1. The third kappa shape index (κ3) is 5.00. The molecule has 0 atom stereocenters. The van der Waals surface area contributed by atoms with E-state index >= 15 is 0 Å². The van der Waals surface area contributed by atoms with Gasteiger partial charge in [0.25, 0.3) is 0 Å². The molecule has 0 fully saturated rings. The molecule has 1 heterocycles. The summed E-state index contributed by atoms with van der Waals surface area (Å²) >= 11 is 0. The predicted octanol–water partition coefficient (Wildman–Crippen LogP) is 7.22. The van der Waals surface area contributed by atoms with E-state index in [9.17, 15) is 9.59 Å². The standard InChI is InChI=1S/C28H38O4/c1-5-9-13-19-17-18-20(14-10-6-2)26-25(19)31-27-21(15-11-7-3)23(29)24(30)22(16-12-8-4)28(27)32-26/h17-18H,5-16H2,1-4H3. The SMILES string of the molecule is CCCCc1c2oc3c(CCCC)ccc(CCCC)c3oc-2c(CCCC)c(=O)c1=O. The first-order valence-electron chi connectivity index (χ1n) is 12.6. The smallest absolute Gasteiger partial charge is 0.233 e. The summed E-state index contributed by atoms with van der Waals surface area (Å²) in [7, 11) is 0. The fraction of sp³-hybridized carbons (Fsp3) is 0.571. The average molecular weight is 439 g/mol. The molecule has 0 aromatic heterocycles. The van der Waals surface area contributed by atoms with Gasteiger partial charge in [-0.15, -0.1) is 0 Å². The summed E-state index contributed by atoms with van der Waals surface area (Å²) in [6.45, 7) is 8.52. The molecule has 1 aromatic rings. The maximum atomic E-state index is 13.1. The fourth-order valence-electron chi connectivity index (χ4n) is 4.33. The van der Waals surface area contributed by atoms with Crippen molar-refractivity contribution in [1.29, 1.82) is 0 Å². The molecular weight excluding hydrogens is 400 g/mol. The molecule has 0 saturated heterocycles. The van der Waals surface area contributed by atoms with Crippen LogP contribution in [-0.4, -0.2) is 0 Å². The Morgan fingerprint density at radius 3 is 1.25 bits per heavy atom. The van der Waals surface area contributed by atoms with Gasteiger partial charge in [0.15, 0.2) is 22.7 Å². The van der Waals surface area contributed by atoms with Crippen LogP contribution in [0.4, 0.5) is 0 Å². The second-order valence-corrected chi connectivity index (χ2v) is 8.93. The molecule has 1 aliphatic carbocycles. The first-order chi connectivity index (χ1) is 15.6. The van der Waals surface area contributed by atoms with Crippen LogP contribution in [0.1, 0.15) is 101 Å². The first kappa shape index (κ1) is 24.3. The van der Waals surface area contributed by atoms with Crippen LogP contribution in [-0.2, 0) is 25.7 Å². The second-order valence-electron chi connectivity index (χ2n) is 8.93. The molecule has 1 aliphatic heterocycles. The summed E-state index contributed by atoms with van der Waals surface area (Å²) in [5.41, 5.74) is 3.87. The molecule has 4 heteroatoms. The van der Waals surface area contributed by atoms with Gasteiger partial charge in [0.1, 0.15) is 0 Å². The van der Waals surface area contributed by atoms with E-state index in [-0.39, 0.29) is 0 Å². The minimum Gasteiger partial charge on any atom is -0.449 e. The molecule has 0 unspecified atom stereocenters. The van der Waals surface area contributed by atoms with Gasteiger partial charge in [-0.05, 0) is 62.5 Å². The Bertz CT molecular complexity index is 1030. The van der Waals surface area contributed by atoms with E-state index in [1.807, 2.05) is 0 Å². The number of unbranched alkanes of at least 4 members (excludes halogenated alkanes) is 4. The number of aryl methyl sites for hydroxylation is 2. The number of rotatable bonds is 12. The largest absolute Gasteiger partial charge is 0.449 e. The monoisotopic (exact) mass is 438 g/mol. The molecule has 0 bridgehead atoms. The highest BCUT2D eigenvalue weighted by atomic mass is 16.4. The zero-order chi connectivity index (χ0) is 23.1. The first-order valence-corrected chi connectivity index (χ1v) is 12.6. The zero-order valence-corrected chi connectivity index (χ0v) is 20.3. The van der Waals surface area contributed by atoms with Gasteiger partial charge in [-0.1, -0.05) is 65.5 Å². The van der Waals surface area contributed by atoms with Crippen LogP contribution in [0.5, 0.6) is 0 Å². The van der Waals surface area contributed by atoms with Crippen molar-refractivity contribution in [1.82, 2.24) is 0 Å². The number of hydrogen-bond donors (Lipinski definition) is 0. The zero-order valence-electron chi connectivity index (χ0n) is 20.3. The minimum absolute atomic E-state index is 0.410. The van der Waals surface area contributed by atoms with Crippen molar-refractivity contribution in [3.63, 3.8) is 0 Å². The van der Waals surface area contributed by atoms with Crippen molar-refractivity contribution in [2.75, 3.05) is 0 Å². The molecule has 0 radical (unpaired) electrons. The molecule has 0 N–H and O–H groups in total. The molecule has 1 aromatic carbocycles. The fourth-order valence-corrected chi connectivity index (χ4v) is 4.33. The number of benzene rings is 2. The third-order valence-corrected chi connectivity index (χ3v) is 6.35. The number of fused-ring (bicyclic) bond motifs is 2. The molecule has 0 amide bonds. The summed E-state index contributed by atoms with van der Waals surface area (Å²) in [6.07, 6.45) is 10.8. The molecule has 174 valence electrons. The van der Waals surface area contributed by atoms with Crippen molar-refractivity contribution in [2.24, 2.45) is 0 Å². The maximum absolute atomic E-state index is 13.1. The van der Waals surface area contributed by atoms with Crippen molar-refractivity contribution in [2.45, 2.75) is 105 Å². The van der Waals surface area contributed by atoms with Crippen LogP contribution in [0.2, 0.25) is 0 Å². The van der Waals surface area contributed by atoms with Crippen molar-refractivity contribution in [3.05, 3.63) is 54.8 Å². The van der Waals surface area contributed by atoms with Gasteiger partial charge in [0.2, 0.25) is 10.9 Å². The van der Waals surface area contributed by atoms with Crippen LogP contribution in [0.25, 0.3) is 22.7 Å². The van der Waals surface area contributed by atoms with E-state index < -0.39 is 10.9 Å². The molecule has 2 aliphatic rings. The van der Waals surface area contributed by atoms with E-state index in [4.69, 9.17) is 8.83 Å². The highest BCUT2D eigenvalue weighted by Gasteiger charge is 2.27. The van der Waals surface area contributed by atoms with Gasteiger partial charge in [-0.3, -0.25) is 9.59 Å². The van der Waals surface area contributed by atoms with Crippen molar-refractivity contribution in [3.8, 4) is 11.5 Å². The summed E-state index contributed by atoms with van der Waals surface area (Å²) in [4.78, 5) is 26.1. The lowest BCUT2D eigenvalue weighted by atomic mass is 9.96. The van der Waals surface area contributed by atoms with Crippen LogP contribution >= 0.6 is 0 Å². The van der Waals surface area contributed by atoms with E-state index in [0.29, 0.717) is 35.5 Å². The lowest BCUT2D eigenvalue weighted by molar-refractivity contribution is 0.502. The minimum atomic E-state index is -0.410. The highest BCUT2D eigenvalue weighted by molar-refractivity contribution is 5.81. The Kier molecular flexibility index (Phi) is 8.72. The Balaban J connectivity index is 2.37. The Labute approximate surface area is 191 Å². The van der Waals surface area contributed by atoms with E-state index in [1.165, 1.54) is 0 Å².